The Labute approximate surface area is 180 Å². The van der Waals surface area contributed by atoms with Crippen LogP contribution in [0.1, 0.15) is 30.0 Å². The summed E-state index contributed by atoms with van der Waals surface area (Å²) in [4.78, 5) is 29.6. The second-order valence-corrected chi connectivity index (χ2v) is 7.82. The van der Waals surface area contributed by atoms with Gasteiger partial charge in [0.1, 0.15) is 17.3 Å². The first-order chi connectivity index (χ1) is 15.0. The molecule has 0 saturated carbocycles. The number of benzene rings is 2. The monoisotopic (exact) mass is 424 g/mol. The average Bonchev–Trinajstić information content (AvgIpc) is 3.39. The molecule has 0 aliphatic carbocycles. The topological polar surface area (TPSA) is 70.1 Å². The van der Waals surface area contributed by atoms with Crippen LogP contribution in [0.15, 0.2) is 54.1 Å². The largest absolute Gasteiger partial charge is 0.507 e. The predicted octanol–water partition coefficient (Wildman–Crippen LogP) is 3.35. The lowest BCUT2D eigenvalue weighted by Crippen LogP contribution is -2.37. The predicted molar refractivity (Wildman–Crippen MR) is 114 cm³/mol. The molecule has 31 heavy (non-hydrogen) atoms. The van der Waals surface area contributed by atoms with E-state index in [0.717, 1.165) is 25.9 Å². The molecule has 2 aliphatic heterocycles. The number of ether oxygens (including phenoxy) is 1. The Kier molecular flexibility index (Phi) is 6.04. The Bertz CT molecular complexity index is 1010. The molecule has 1 amide bonds. The second-order valence-electron chi connectivity index (χ2n) is 7.82. The van der Waals surface area contributed by atoms with Crippen molar-refractivity contribution in [2.24, 2.45) is 0 Å². The number of ketones is 1. The van der Waals surface area contributed by atoms with E-state index in [1.165, 1.54) is 24.1 Å². The number of nitrogens with zero attached hydrogens (tertiary/aromatic N) is 2. The molecule has 0 bridgehead atoms. The number of hydrogen-bond donors (Lipinski definition) is 1. The van der Waals surface area contributed by atoms with Crippen LogP contribution in [0.5, 0.6) is 5.75 Å². The quantitative estimate of drug-likeness (QED) is 0.438. The van der Waals surface area contributed by atoms with Crippen molar-refractivity contribution in [3.8, 4) is 5.75 Å². The summed E-state index contributed by atoms with van der Waals surface area (Å²) in [6.07, 6.45) is 2.23. The maximum Gasteiger partial charge on any atom is 0.295 e. The molecule has 2 fully saturated rings. The van der Waals surface area contributed by atoms with Crippen LogP contribution in [0.2, 0.25) is 0 Å². The molecule has 1 N–H and O–H groups in total. The molecule has 7 heteroatoms. The highest BCUT2D eigenvalue weighted by Gasteiger charge is 2.46. The van der Waals surface area contributed by atoms with Gasteiger partial charge in [-0.3, -0.25) is 9.59 Å². The number of likely N-dealkylation sites (tertiary alicyclic amines) is 2. The molecule has 1 unspecified atom stereocenters. The standard InChI is InChI=1S/C24H25FN2O4/c1-31-19-9-7-16(8-10-19)22(28)20-21(17-5-4-6-18(25)15-17)27(24(30)23(20)29)14-13-26-11-2-3-12-26/h4-10,15,21,28H,2-3,11-14H2,1H3/b22-20+. The van der Waals surface area contributed by atoms with Gasteiger partial charge in [0.25, 0.3) is 11.7 Å². The number of Topliss-reactive ketones (excluding diaryl/α,β-unsaturated/α-hetero) is 1. The summed E-state index contributed by atoms with van der Waals surface area (Å²) < 4.78 is 19.2. The van der Waals surface area contributed by atoms with Gasteiger partial charge in [0.2, 0.25) is 0 Å². The van der Waals surface area contributed by atoms with Crippen LogP contribution < -0.4 is 4.74 Å². The van der Waals surface area contributed by atoms with Crippen LogP contribution in [-0.4, -0.2) is 59.9 Å². The molecule has 4 rings (SSSR count). The Morgan fingerprint density at radius 2 is 1.81 bits per heavy atom. The van der Waals surface area contributed by atoms with E-state index >= 15 is 0 Å². The van der Waals surface area contributed by atoms with Crippen molar-refractivity contribution < 1.29 is 23.8 Å². The fraction of sp³-hybridized carbons (Fsp3) is 0.333. The molecule has 2 heterocycles. The van der Waals surface area contributed by atoms with Gasteiger partial charge in [-0.05, 0) is 67.9 Å². The third kappa shape index (κ3) is 4.18. The van der Waals surface area contributed by atoms with Crippen LogP contribution in [0.4, 0.5) is 4.39 Å². The molecule has 0 aromatic heterocycles. The second kappa shape index (κ2) is 8.89. The molecule has 0 spiro atoms. The van der Waals surface area contributed by atoms with Crippen molar-refractivity contribution in [3.05, 3.63) is 71.0 Å². The van der Waals surface area contributed by atoms with E-state index in [1.54, 1.807) is 36.4 Å². The normalized spacial score (nSPS) is 21.1. The number of methoxy groups -OCH3 is 1. The number of carbonyl (C=O) groups is 2. The van der Waals surface area contributed by atoms with Crippen LogP contribution in [0, 0.1) is 5.82 Å². The lowest BCUT2D eigenvalue weighted by molar-refractivity contribution is -0.140. The fourth-order valence-electron chi connectivity index (χ4n) is 4.29. The highest BCUT2D eigenvalue weighted by molar-refractivity contribution is 6.46. The molecule has 2 aromatic rings. The van der Waals surface area contributed by atoms with E-state index in [9.17, 15) is 19.1 Å². The molecule has 162 valence electrons. The highest BCUT2D eigenvalue weighted by atomic mass is 19.1. The highest BCUT2D eigenvalue weighted by Crippen LogP contribution is 2.39. The minimum absolute atomic E-state index is 0.0258. The minimum Gasteiger partial charge on any atom is -0.507 e. The lowest BCUT2D eigenvalue weighted by Gasteiger charge is -2.27. The summed E-state index contributed by atoms with van der Waals surface area (Å²) >= 11 is 0. The molecule has 2 saturated heterocycles. The van der Waals surface area contributed by atoms with Gasteiger partial charge in [0.15, 0.2) is 0 Å². The van der Waals surface area contributed by atoms with Gasteiger partial charge < -0.3 is 19.6 Å². The zero-order chi connectivity index (χ0) is 22.0. The van der Waals surface area contributed by atoms with Crippen molar-refractivity contribution in [1.82, 2.24) is 9.80 Å². The van der Waals surface area contributed by atoms with E-state index in [1.807, 2.05) is 0 Å². The number of rotatable bonds is 6. The lowest BCUT2D eigenvalue weighted by atomic mass is 9.95. The number of hydrogen-bond acceptors (Lipinski definition) is 5. The average molecular weight is 424 g/mol. The third-order valence-electron chi connectivity index (χ3n) is 5.92. The van der Waals surface area contributed by atoms with E-state index in [2.05, 4.69) is 4.90 Å². The molecule has 1 atom stereocenters. The van der Waals surface area contributed by atoms with Crippen LogP contribution in [-0.2, 0) is 9.59 Å². The Balaban J connectivity index is 1.75. The van der Waals surface area contributed by atoms with Crippen molar-refractivity contribution >= 4 is 17.4 Å². The Hall–Kier alpha value is -3.19. The summed E-state index contributed by atoms with van der Waals surface area (Å²) in [5, 5.41) is 11.0. The van der Waals surface area contributed by atoms with Crippen LogP contribution >= 0.6 is 0 Å². The molecule has 6 nitrogen and oxygen atoms in total. The van der Waals surface area contributed by atoms with Crippen molar-refractivity contribution in [3.63, 3.8) is 0 Å². The number of carbonyl (C=O) groups excluding carboxylic acids is 2. The van der Waals surface area contributed by atoms with E-state index in [4.69, 9.17) is 4.74 Å². The molecular weight excluding hydrogens is 399 g/mol. The zero-order valence-corrected chi connectivity index (χ0v) is 17.4. The summed E-state index contributed by atoms with van der Waals surface area (Å²) in [6, 6.07) is 11.5. The SMILES string of the molecule is COc1ccc(/C(O)=C2\C(=O)C(=O)N(CCN3CCCC3)C2c2cccc(F)c2)cc1. The van der Waals surface area contributed by atoms with E-state index in [0.29, 0.717) is 30.0 Å². The number of aliphatic hydroxyl groups is 1. The Morgan fingerprint density at radius 3 is 2.45 bits per heavy atom. The summed E-state index contributed by atoms with van der Waals surface area (Å²) in [5.74, 6) is -1.58. The first kappa shape index (κ1) is 21.1. The van der Waals surface area contributed by atoms with Gasteiger partial charge in [-0.1, -0.05) is 12.1 Å². The minimum atomic E-state index is -0.847. The fourth-order valence-corrected chi connectivity index (χ4v) is 4.29. The molecule has 2 aromatic carbocycles. The number of halogens is 1. The molecule has 0 radical (unpaired) electrons. The van der Waals surface area contributed by atoms with Gasteiger partial charge in [0, 0.05) is 18.7 Å². The van der Waals surface area contributed by atoms with Gasteiger partial charge in [0.05, 0.1) is 18.7 Å². The molecule has 2 aliphatic rings. The summed E-state index contributed by atoms with van der Waals surface area (Å²) in [6.45, 7) is 2.87. The zero-order valence-electron chi connectivity index (χ0n) is 17.4. The summed E-state index contributed by atoms with van der Waals surface area (Å²) in [7, 11) is 1.53. The van der Waals surface area contributed by atoms with E-state index in [-0.39, 0.29) is 11.3 Å². The Morgan fingerprint density at radius 1 is 1.10 bits per heavy atom. The van der Waals surface area contributed by atoms with Crippen LogP contribution in [0.3, 0.4) is 0 Å². The van der Waals surface area contributed by atoms with E-state index < -0.39 is 23.5 Å². The smallest absolute Gasteiger partial charge is 0.295 e. The van der Waals surface area contributed by atoms with Crippen molar-refractivity contribution in [2.75, 3.05) is 33.3 Å². The maximum atomic E-state index is 14.0. The van der Waals surface area contributed by atoms with Crippen molar-refractivity contribution in [2.45, 2.75) is 18.9 Å². The summed E-state index contributed by atoms with van der Waals surface area (Å²) in [5.41, 5.74) is 0.817. The maximum absolute atomic E-state index is 14.0. The van der Waals surface area contributed by atoms with Gasteiger partial charge in [-0.25, -0.2) is 4.39 Å². The number of amides is 1. The van der Waals surface area contributed by atoms with Crippen molar-refractivity contribution in [1.29, 1.82) is 0 Å². The number of aliphatic hydroxyl groups excluding tert-OH is 1. The third-order valence-corrected chi connectivity index (χ3v) is 5.92. The first-order valence-corrected chi connectivity index (χ1v) is 10.4. The van der Waals surface area contributed by atoms with Gasteiger partial charge in [-0.2, -0.15) is 0 Å². The van der Waals surface area contributed by atoms with Gasteiger partial charge in [-0.15, -0.1) is 0 Å². The van der Waals surface area contributed by atoms with Crippen LogP contribution in [0.25, 0.3) is 5.76 Å². The van der Waals surface area contributed by atoms with Gasteiger partial charge >= 0.3 is 0 Å². The first-order valence-electron chi connectivity index (χ1n) is 10.4. The molecular formula is C24H25FN2O4.